The lowest BCUT2D eigenvalue weighted by Gasteiger charge is -2.22. The molecule has 0 saturated heterocycles. The van der Waals surface area contributed by atoms with Crippen LogP contribution >= 0.6 is 0 Å². The van der Waals surface area contributed by atoms with Crippen molar-refractivity contribution in [3.05, 3.63) is 65.2 Å². The molecule has 1 unspecified atom stereocenters. The van der Waals surface area contributed by atoms with Crippen molar-refractivity contribution in [1.29, 1.82) is 0 Å². The molecule has 0 aliphatic carbocycles. The Hall–Kier alpha value is -3.69. The van der Waals surface area contributed by atoms with E-state index < -0.39 is 46.8 Å². The van der Waals surface area contributed by atoms with Crippen LogP contribution in [-0.4, -0.2) is 32.6 Å². The monoisotopic (exact) mass is 485 g/mol. The predicted molar refractivity (Wildman–Crippen MR) is 124 cm³/mol. The maximum atomic E-state index is 14.6. The number of aromatic nitrogens is 3. The van der Waals surface area contributed by atoms with Crippen molar-refractivity contribution in [2.24, 2.45) is 5.92 Å². The quantitative estimate of drug-likeness (QED) is 0.539. The number of hydrogen-bond donors (Lipinski definition) is 2. The molecule has 3 aromatic rings. The van der Waals surface area contributed by atoms with Crippen LogP contribution in [0.4, 0.5) is 18.9 Å². The standard InChI is InChI=1S/C25H26F3N5O2/c1-14(2)22(30-24(34)21-17(27)7-6-8-18(21)28)25(35)29-19-13-15(10-11-16(19)26)23-32-31-20-9-4-3-5-12-33(20)23/h6-8,10-11,13-14,22H,3-5,9,12H2,1-2H3,(H,29,35)(H,30,34). The number of nitrogens with zero attached hydrogens (tertiary/aromatic N) is 3. The smallest absolute Gasteiger partial charge is 0.257 e. The minimum absolute atomic E-state index is 0.101. The molecule has 0 radical (unpaired) electrons. The highest BCUT2D eigenvalue weighted by atomic mass is 19.1. The lowest BCUT2D eigenvalue weighted by atomic mass is 10.0. The summed E-state index contributed by atoms with van der Waals surface area (Å²) in [6.45, 7) is 4.06. The number of halogens is 3. The largest absolute Gasteiger partial charge is 0.340 e. The van der Waals surface area contributed by atoms with E-state index in [0.29, 0.717) is 11.4 Å². The van der Waals surface area contributed by atoms with Crippen molar-refractivity contribution in [2.75, 3.05) is 5.32 Å². The Morgan fingerprint density at radius 2 is 1.71 bits per heavy atom. The van der Waals surface area contributed by atoms with E-state index in [9.17, 15) is 22.8 Å². The van der Waals surface area contributed by atoms with Gasteiger partial charge in [-0.25, -0.2) is 13.2 Å². The SMILES string of the molecule is CC(C)C(NC(=O)c1c(F)cccc1F)C(=O)Nc1cc(-c2nnc3n2CCCCC3)ccc1F. The van der Waals surface area contributed by atoms with Gasteiger partial charge in [0.1, 0.15) is 34.9 Å². The molecular formula is C25H26F3N5O2. The zero-order valence-electron chi connectivity index (χ0n) is 19.4. The number of hydrogen-bond acceptors (Lipinski definition) is 4. The molecule has 0 saturated carbocycles. The van der Waals surface area contributed by atoms with E-state index in [0.717, 1.165) is 56.3 Å². The Morgan fingerprint density at radius 1 is 0.971 bits per heavy atom. The van der Waals surface area contributed by atoms with Crippen LogP contribution in [-0.2, 0) is 17.8 Å². The first-order valence-corrected chi connectivity index (χ1v) is 11.5. The molecule has 1 atom stereocenters. The number of amides is 2. The van der Waals surface area contributed by atoms with E-state index in [1.165, 1.54) is 12.1 Å². The minimum Gasteiger partial charge on any atom is -0.340 e. The summed E-state index contributed by atoms with van der Waals surface area (Å²) in [6.07, 6.45) is 3.92. The van der Waals surface area contributed by atoms with E-state index in [1.54, 1.807) is 19.9 Å². The van der Waals surface area contributed by atoms with Crippen LogP contribution < -0.4 is 10.6 Å². The first-order chi connectivity index (χ1) is 16.8. The number of benzene rings is 2. The Kier molecular flexibility index (Phi) is 7.18. The number of fused-ring (bicyclic) bond motifs is 1. The van der Waals surface area contributed by atoms with Gasteiger partial charge in [-0.3, -0.25) is 9.59 Å². The molecule has 0 fully saturated rings. The van der Waals surface area contributed by atoms with Crippen LogP contribution in [0.25, 0.3) is 11.4 Å². The van der Waals surface area contributed by atoms with Gasteiger partial charge in [-0.1, -0.05) is 26.3 Å². The molecule has 7 nitrogen and oxygen atoms in total. The fourth-order valence-electron chi connectivity index (χ4n) is 4.13. The average Bonchev–Trinajstić information content (AvgIpc) is 3.06. The molecule has 35 heavy (non-hydrogen) atoms. The van der Waals surface area contributed by atoms with Crippen LogP contribution in [0.1, 0.15) is 49.3 Å². The molecule has 184 valence electrons. The summed E-state index contributed by atoms with van der Waals surface area (Å²) in [5, 5.41) is 13.4. The number of aryl methyl sites for hydroxylation is 1. The summed E-state index contributed by atoms with van der Waals surface area (Å²) in [5.41, 5.74) is -0.303. The molecule has 10 heteroatoms. The van der Waals surface area contributed by atoms with E-state index in [4.69, 9.17) is 0 Å². The summed E-state index contributed by atoms with van der Waals surface area (Å²) in [6, 6.07) is 6.12. The van der Waals surface area contributed by atoms with Crippen molar-refractivity contribution in [2.45, 2.75) is 52.1 Å². The molecule has 1 aliphatic rings. The highest BCUT2D eigenvalue weighted by molar-refractivity contribution is 6.01. The highest BCUT2D eigenvalue weighted by Gasteiger charge is 2.28. The van der Waals surface area contributed by atoms with Gasteiger partial charge in [0.05, 0.1) is 5.69 Å². The molecule has 2 aromatic carbocycles. The number of nitrogens with one attached hydrogen (secondary N) is 2. The zero-order valence-corrected chi connectivity index (χ0v) is 19.4. The van der Waals surface area contributed by atoms with Crippen molar-refractivity contribution < 1.29 is 22.8 Å². The maximum Gasteiger partial charge on any atom is 0.257 e. The van der Waals surface area contributed by atoms with Gasteiger partial charge in [0.15, 0.2) is 5.82 Å². The van der Waals surface area contributed by atoms with Crippen LogP contribution in [0.5, 0.6) is 0 Å². The molecule has 2 amide bonds. The Bertz CT molecular complexity index is 1240. The number of carbonyl (C=O) groups excluding carboxylic acids is 2. The third kappa shape index (κ3) is 5.21. The van der Waals surface area contributed by atoms with Crippen molar-refractivity contribution in [1.82, 2.24) is 20.1 Å². The summed E-state index contributed by atoms with van der Waals surface area (Å²) in [5.74, 6) is -3.56. The second kappa shape index (κ2) is 10.3. The number of rotatable bonds is 6. The molecule has 0 spiro atoms. The van der Waals surface area contributed by atoms with Gasteiger partial charge in [-0.2, -0.15) is 0 Å². The third-order valence-electron chi connectivity index (χ3n) is 6.02. The average molecular weight is 486 g/mol. The van der Waals surface area contributed by atoms with Crippen LogP contribution in [0.15, 0.2) is 36.4 Å². The van der Waals surface area contributed by atoms with Gasteiger partial charge >= 0.3 is 0 Å². The molecule has 2 N–H and O–H groups in total. The molecule has 2 heterocycles. The Labute approximate surface area is 200 Å². The molecule has 1 aliphatic heterocycles. The first kappa shape index (κ1) is 24.4. The van der Waals surface area contributed by atoms with Crippen LogP contribution in [0, 0.1) is 23.4 Å². The molecule has 0 bridgehead atoms. The fourth-order valence-corrected chi connectivity index (χ4v) is 4.13. The molecule has 4 rings (SSSR count). The maximum absolute atomic E-state index is 14.6. The summed E-state index contributed by atoms with van der Waals surface area (Å²) >= 11 is 0. The first-order valence-electron chi connectivity index (χ1n) is 11.5. The summed E-state index contributed by atoms with van der Waals surface area (Å²) < 4.78 is 44.7. The van der Waals surface area contributed by atoms with Gasteiger partial charge in [-0.15, -0.1) is 10.2 Å². The van der Waals surface area contributed by atoms with Gasteiger partial charge in [0, 0.05) is 18.5 Å². The third-order valence-corrected chi connectivity index (χ3v) is 6.02. The van der Waals surface area contributed by atoms with Crippen molar-refractivity contribution in [3.63, 3.8) is 0 Å². The second-order valence-corrected chi connectivity index (χ2v) is 8.88. The van der Waals surface area contributed by atoms with Crippen LogP contribution in [0.2, 0.25) is 0 Å². The normalized spacial score (nSPS) is 14.2. The number of anilines is 1. The Balaban J connectivity index is 1.56. The van der Waals surface area contributed by atoms with Gasteiger partial charge in [0.25, 0.3) is 5.91 Å². The molecular weight excluding hydrogens is 459 g/mol. The molecule has 1 aromatic heterocycles. The van der Waals surface area contributed by atoms with Crippen molar-refractivity contribution in [3.8, 4) is 11.4 Å². The van der Waals surface area contributed by atoms with Gasteiger partial charge in [-0.05, 0) is 49.1 Å². The van der Waals surface area contributed by atoms with E-state index in [1.807, 2.05) is 4.57 Å². The summed E-state index contributed by atoms with van der Waals surface area (Å²) in [7, 11) is 0. The summed E-state index contributed by atoms with van der Waals surface area (Å²) in [4.78, 5) is 25.5. The lowest BCUT2D eigenvalue weighted by Crippen LogP contribution is -2.47. The van der Waals surface area contributed by atoms with Gasteiger partial charge in [0.2, 0.25) is 5.91 Å². The van der Waals surface area contributed by atoms with Crippen molar-refractivity contribution >= 4 is 17.5 Å². The van der Waals surface area contributed by atoms with E-state index >= 15 is 0 Å². The van der Waals surface area contributed by atoms with E-state index in [2.05, 4.69) is 20.8 Å². The fraction of sp³-hybridized carbons (Fsp3) is 0.360. The predicted octanol–water partition coefficient (Wildman–Crippen LogP) is 4.48. The van der Waals surface area contributed by atoms with Gasteiger partial charge < -0.3 is 15.2 Å². The zero-order chi connectivity index (χ0) is 25.1. The number of carbonyl (C=O) groups is 2. The topological polar surface area (TPSA) is 88.9 Å². The second-order valence-electron chi connectivity index (χ2n) is 8.88. The highest BCUT2D eigenvalue weighted by Crippen LogP contribution is 2.27. The van der Waals surface area contributed by atoms with Crippen LogP contribution in [0.3, 0.4) is 0 Å². The Morgan fingerprint density at radius 3 is 2.43 bits per heavy atom. The van der Waals surface area contributed by atoms with E-state index in [-0.39, 0.29) is 5.69 Å². The lowest BCUT2D eigenvalue weighted by molar-refractivity contribution is -0.118. The minimum atomic E-state index is -1.17.